The van der Waals surface area contributed by atoms with E-state index in [1.165, 1.54) is 38.5 Å². The van der Waals surface area contributed by atoms with Gasteiger partial charge < -0.3 is 21.8 Å². The maximum absolute atomic E-state index is 9.75. The van der Waals surface area contributed by atoms with Gasteiger partial charge in [0.05, 0.1) is 6.33 Å². The maximum Gasteiger partial charge on any atom is 0.673 e. The van der Waals surface area contributed by atoms with E-state index in [2.05, 4.69) is 18.5 Å². The quantitative estimate of drug-likeness (QED) is 0.356. The number of aromatic nitrogens is 2. The minimum Gasteiger partial charge on any atom is -0.418 e. The molecule has 2 nitrogen and oxygen atoms in total. The molecule has 0 aromatic carbocycles. The van der Waals surface area contributed by atoms with Crippen molar-refractivity contribution < 1.29 is 17.3 Å². The number of nitrogens with zero attached hydrogens (tertiary/aromatic N) is 2. The van der Waals surface area contributed by atoms with Crippen LogP contribution in [0.15, 0.2) is 25.3 Å². The van der Waals surface area contributed by atoms with E-state index in [0.29, 0.717) is 0 Å². The summed E-state index contributed by atoms with van der Waals surface area (Å²) in [5.41, 5.74) is 1.16. The normalized spacial score (nSPS) is 10.8. The van der Waals surface area contributed by atoms with Gasteiger partial charge in [0.1, 0.15) is 0 Å². The van der Waals surface area contributed by atoms with Crippen molar-refractivity contribution in [2.24, 2.45) is 0 Å². The molecule has 0 amide bonds. The third-order valence-corrected chi connectivity index (χ3v) is 2.69. The molecule has 0 saturated heterocycles. The summed E-state index contributed by atoms with van der Waals surface area (Å²) in [6.07, 6.45) is 14.7. The Bertz CT molecular complexity index is 344. The van der Waals surface area contributed by atoms with Crippen LogP contribution in [0.4, 0.5) is 17.3 Å². The zero-order chi connectivity index (χ0) is 15.4. The first-order valence-electron chi connectivity index (χ1n) is 6.88. The summed E-state index contributed by atoms with van der Waals surface area (Å²) in [6, 6.07) is 0. The van der Waals surface area contributed by atoms with Gasteiger partial charge in [-0.3, -0.25) is 0 Å². The van der Waals surface area contributed by atoms with E-state index in [9.17, 15) is 17.3 Å². The standard InChI is InChI=1S/C13H22N2.BF4/c1-3-4-5-6-7-8-9-13(2)15-11-10-14-12-15;2-1(3,4)5/h10-12H,2-9H2,1H3;/q;-1. The minimum atomic E-state index is -6.00. The molecule has 0 bridgehead atoms. The molecule has 0 spiro atoms. The molecule has 20 heavy (non-hydrogen) atoms. The van der Waals surface area contributed by atoms with Crippen molar-refractivity contribution >= 4 is 13.0 Å². The van der Waals surface area contributed by atoms with Crippen LogP contribution in [0, 0.1) is 0 Å². The van der Waals surface area contributed by atoms with Gasteiger partial charge in [-0.2, -0.15) is 0 Å². The van der Waals surface area contributed by atoms with Crippen LogP contribution in [-0.4, -0.2) is 16.8 Å². The van der Waals surface area contributed by atoms with Crippen molar-refractivity contribution in [3.63, 3.8) is 0 Å². The molecule has 1 aromatic rings. The van der Waals surface area contributed by atoms with Gasteiger partial charge in [-0.15, -0.1) is 0 Å². The number of halogens is 4. The Balaban J connectivity index is 0.000000621. The predicted octanol–water partition coefficient (Wildman–Crippen LogP) is 5.40. The molecular weight excluding hydrogens is 271 g/mol. The lowest BCUT2D eigenvalue weighted by Crippen LogP contribution is -2.02. The topological polar surface area (TPSA) is 17.8 Å². The van der Waals surface area contributed by atoms with Gasteiger partial charge in [0, 0.05) is 18.1 Å². The van der Waals surface area contributed by atoms with Crippen LogP contribution >= 0.6 is 0 Å². The van der Waals surface area contributed by atoms with Crippen LogP contribution in [0.25, 0.3) is 5.70 Å². The fourth-order valence-corrected chi connectivity index (χ4v) is 1.68. The van der Waals surface area contributed by atoms with E-state index in [1.807, 2.05) is 17.1 Å². The van der Waals surface area contributed by atoms with E-state index >= 15 is 0 Å². The summed E-state index contributed by atoms with van der Waals surface area (Å²) < 4.78 is 41.0. The molecule has 1 rings (SSSR count). The number of hydrogen-bond donors (Lipinski definition) is 0. The zero-order valence-corrected chi connectivity index (χ0v) is 11.9. The van der Waals surface area contributed by atoms with Crippen molar-refractivity contribution in [3.05, 3.63) is 25.3 Å². The average Bonchev–Trinajstić information content (AvgIpc) is 2.85. The second-order valence-corrected chi connectivity index (χ2v) is 4.55. The van der Waals surface area contributed by atoms with Crippen molar-refractivity contribution in [2.75, 3.05) is 0 Å². The largest absolute Gasteiger partial charge is 0.673 e. The zero-order valence-electron chi connectivity index (χ0n) is 11.9. The van der Waals surface area contributed by atoms with Crippen LogP contribution in [0.1, 0.15) is 51.9 Å². The molecule has 0 aliphatic carbocycles. The molecule has 0 unspecified atom stereocenters. The average molecular weight is 293 g/mol. The van der Waals surface area contributed by atoms with Gasteiger partial charge in [0.2, 0.25) is 0 Å². The fraction of sp³-hybridized carbons (Fsp3) is 0.615. The highest BCUT2D eigenvalue weighted by atomic mass is 19.5. The third kappa shape index (κ3) is 13.2. The van der Waals surface area contributed by atoms with E-state index in [1.54, 1.807) is 6.20 Å². The molecule has 0 atom stereocenters. The van der Waals surface area contributed by atoms with Crippen molar-refractivity contribution in [2.45, 2.75) is 51.9 Å². The monoisotopic (exact) mass is 293 g/mol. The lowest BCUT2D eigenvalue weighted by molar-refractivity contribution is 0.368. The van der Waals surface area contributed by atoms with Gasteiger partial charge in [0.15, 0.2) is 0 Å². The van der Waals surface area contributed by atoms with Gasteiger partial charge >= 0.3 is 7.25 Å². The van der Waals surface area contributed by atoms with Gasteiger partial charge in [-0.05, 0) is 12.8 Å². The van der Waals surface area contributed by atoms with Gasteiger partial charge in [0.25, 0.3) is 0 Å². The lowest BCUT2D eigenvalue weighted by Gasteiger charge is -2.05. The molecule has 0 saturated carbocycles. The highest BCUT2D eigenvalue weighted by Crippen LogP contribution is 2.13. The predicted molar refractivity (Wildman–Crippen MR) is 75.7 cm³/mol. The molecule has 0 radical (unpaired) electrons. The number of allylic oxidation sites excluding steroid dienone is 1. The first-order valence-corrected chi connectivity index (χ1v) is 6.88. The van der Waals surface area contributed by atoms with Crippen molar-refractivity contribution in [1.82, 2.24) is 9.55 Å². The molecule has 0 aliphatic rings. The lowest BCUT2D eigenvalue weighted by atomic mass is 10.1. The highest BCUT2D eigenvalue weighted by Gasteiger charge is 2.20. The smallest absolute Gasteiger partial charge is 0.418 e. The second kappa shape index (κ2) is 10.5. The number of rotatable bonds is 8. The van der Waals surface area contributed by atoms with Crippen molar-refractivity contribution in [1.29, 1.82) is 0 Å². The molecule has 0 aliphatic heterocycles. The van der Waals surface area contributed by atoms with Gasteiger partial charge in [-0.25, -0.2) is 4.98 Å². The molecule has 7 heteroatoms. The van der Waals surface area contributed by atoms with Crippen LogP contribution in [-0.2, 0) is 0 Å². The van der Waals surface area contributed by atoms with E-state index in [0.717, 1.165) is 12.1 Å². The summed E-state index contributed by atoms with van der Waals surface area (Å²) in [6.45, 7) is 6.30. The molecule has 1 aromatic heterocycles. The Kier molecular flexibility index (Phi) is 9.85. The molecular formula is C13H22BF4N2-. The molecule has 1 heterocycles. The first-order chi connectivity index (χ1) is 9.34. The van der Waals surface area contributed by atoms with Crippen LogP contribution in [0.3, 0.4) is 0 Å². The molecule has 0 N–H and O–H groups in total. The highest BCUT2D eigenvalue weighted by molar-refractivity contribution is 6.50. The second-order valence-electron chi connectivity index (χ2n) is 4.55. The van der Waals surface area contributed by atoms with Crippen LogP contribution in [0.2, 0.25) is 0 Å². The SMILES string of the molecule is C=C(CCCCCCCC)n1ccnc1.F[B-](F)(F)F. The Morgan fingerprint density at radius 1 is 1.10 bits per heavy atom. The summed E-state index contributed by atoms with van der Waals surface area (Å²) in [5, 5.41) is 0. The third-order valence-electron chi connectivity index (χ3n) is 2.69. The van der Waals surface area contributed by atoms with Crippen LogP contribution < -0.4 is 0 Å². The summed E-state index contributed by atoms with van der Waals surface area (Å²) in [5.74, 6) is 0. The van der Waals surface area contributed by atoms with E-state index in [4.69, 9.17) is 0 Å². The van der Waals surface area contributed by atoms with E-state index < -0.39 is 7.25 Å². The first kappa shape index (κ1) is 18.7. The Hall–Kier alpha value is -1.27. The Morgan fingerprint density at radius 3 is 2.15 bits per heavy atom. The maximum atomic E-state index is 9.75. The fourth-order valence-electron chi connectivity index (χ4n) is 1.68. The van der Waals surface area contributed by atoms with Crippen LogP contribution in [0.5, 0.6) is 0 Å². The number of unbranched alkanes of at least 4 members (excludes halogenated alkanes) is 5. The summed E-state index contributed by atoms with van der Waals surface area (Å²) in [4.78, 5) is 4.01. The van der Waals surface area contributed by atoms with E-state index in [-0.39, 0.29) is 0 Å². The number of hydrogen-bond acceptors (Lipinski definition) is 1. The molecule has 116 valence electrons. The summed E-state index contributed by atoms with van der Waals surface area (Å²) in [7, 11) is -6.00. The Morgan fingerprint density at radius 2 is 1.65 bits per heavy atom. The minimum absolute atomic E-state index is 1.09. The Labute approximate surface area is 118 Å². The molecule has 0 fully saturated rings. The number of imidazole rings is 1. The van der Waals surface area contributed by atoms with Gasteiger partial charge in [-0.1, -0.05) is 45.6 Å². The summed E-state index contributed by atoms with van der Waals surface area (Å²) >= 11 is 0. The van der Waals surface area contributed by atoms with Crippen molar-refractivity contribution in [3.8, 4) is 0 Å².